The summed E-state index contributed by atoms with van der Waals surface area (Å²) in [6.45, 7) is 4.80. The summed E-state index contributed by atoms with van der Waals surface area (Å²) in [6.07, 6.45) is 6.08. The van der Waals surface area contributed by atoms with Crippen LogP contribution in [0.3, 0.4) is 0 Å². The summed E-state index contributed by atoms with van der Waals surface area (Å²) in [4.78, 5) is 9.01. The van der Waals surface area contributed by atoms with Crippen molar-refractivity contribution in [2.75, 3.05) is 18.2 Å². The van der Waals surface area contributed by atoms with Gasteiger partial charge in [-0.15, -0.1) is 4.73 Å². The molecule has 132 valence electrons. The number of nitrogens with zero attached hydrogens (tertiary/aromatic N) is 5. The van der Waals surface area contributed by atoms with Gasteiger partial charge in [0.15, 0.2) is 17.0 Å². The van der Waals surface area contributed by atoms with E-state index in [1.165, 1.54) is 18.0 Å². The minimum atomic E-state index is 0.292. The summed E-state index contributed by atoms with van der Waals surface area (Å²) in [5.41, 5.74) is 2.69. The van der Waals surface area contributed by atoms with Gasteiger partial charge in [0, 0.05) is 17.7 Å². The Kier molecular flexibility index (Phi) is 5.22. The lowest BCUT2D eigenvalue weighted by molar-refractivity contribution is -0.613. The Morgan fingerprint density at radius 1 is 1.32 bits per heavy atom. The van der Waals surface area contributed by atoms with Gasteiger partial charge in [-0.1, -0.05) is 18.7 Å². The first-order valence-electron chi connectivity index (χ1n) is 8.03. The molecule has 0 saturated heterocycles. The average Bonchev–Trinajstić information content (AvgIpc) is 3.04. The summed E-state index contributed by atoms with van der Waals surface area (Å²) in [6, 6.07) is 3.51. The number of nitrogens with one attached hydrogen (secondary N) is 1. The number of pyridine rings is 1. The second kappa shape index (κ2) is 7.56. The van der Waals surface area contributed by atoms with E-state index in [9.17, 15) is 5.21 Å². The maximum absolute atomic E-state index is 11.9. The highest BCUT2D eigenvalue weighted by Gasteiger charge is 2.13. The number of hydrogen-bond acceptors (Lipinski definition) is 7. The van der Waals surface area contributed by atoms with Crippen LogP contribution in [-0.2, 0) is 13.0 Å². The minimum Gasteiger partial charge on any atom is -0.616 e. The van der Waals surface area contributed by atoms with E-state index in [1.54, 1.807) is 10.6 Å². The summed E-state index contributed by atoms with van der Waals surface area (Å²) in [5, 5.41) is 20.2. The number of anilines is 1. The fourth-order valence-corrected chi connectivity index (χ4v) is 2.77. The van der Waals surface area contributed by atoms with Crippen LogP contribution in [-0.4, -0.2) is 32.4 Å². The van der Waals surface area contributed by atoms with Crippen molar-refractivity contribution in [2.24, 2.45) is 0 Å². The number of aryl methyl sites for hydroxylation is 1. The topological polar surface area (TPSA) is 91.3 Å². The fourth-order valence-electron chi connectivity index (χ4n) is 2.41. The average molecular weight is 360 g/mol. The third-order valence-electron chi connectivity index (χ3n) is 3.67. The molecule has 0 amide bonds. The molecule has 25 heavy (non-hydrogen) atoms. The number of fused-ring (bicyclic) bond motifs is 1. The molecule has 0 radical (unpaired) electrons. The molecule has 0 saturated carbocycles. The predicted molar refractivity (Wildman–Crippen MR) is 95.8 cm³/mol. The highest BCUT2D eigenvalue weighted by Crippen LogP contribution is 2.18. The van der Waals surface area contributed by atoms with Crippen molar-refractivity contribution in [3.8, 4) is 5.88 Å². The Labute approximate surface area is 149 Å². The van der Waals surface area contributed by atoms with Crippen LogP contribution in [0.4, 0.5) is 5.95 Å². The van der Waals surface area contributed by atoms with E-state index in [2.05, 4.69) is 27.3 Å². The van der Waals surface area contributed by atoms with Gasteiger partial charge < -0.3 is 15.3 Å². The molecular weight excluding hydrogens is 340 g/mol. The third kappa shape index (κ3) is 3.60. The van der Waals surface area contributed by atoms with Gasteiger partial charge in [-0.3, -0.25) is 0 Å². The number of rotatable bonds is 7. The monoisotopic (exact) mass is 360 g/mol. The molecule has 0 aliphatic heterocycles. The predicted octanol–water partition coefficient (Wildman–Crippen LogP) is 2.05. The first-order chi connectivity index (χ1) is 12.2. The maximum atomic E-state index is 11.9. The van der Waals surface area contributed by atoms with Crippen molar-refractivity contribution in [1.82, 2.24) is 19.6 Å². The Morgan fingerprint density at radius 3 is 2.84 bits per heavy atom. The molecule has 3 rings (SSSR count). The summed E-state index contributed by atoms with van der Waals surface area (Å²) >= 11 is 1.48. The van der Waals surface area contributed by atoms with Crippen molar-refractivity contribution in [2.45, 2.75) is 32.0 Å². The first-order valence-corrected chi connectivity index (χ1v) is 9.26. The van der Waals surface area contributed by atoms with E-state index in [0.717, 1.165) is 27.9 Å². The molecule has 0 spiro atoms. The molecule has 0 aromatic carbocycles. The van der Waals surface area contributed by atoms with Crippen LogP contribution in [0.2, 0.25) is 0 Å². The molecule has 0 unspecified atom stereocenters. The Hall–Kier alpha value is -2.55. The third-order valence-corrected chi connectivity index (χ3v) is 4.21. The van der Waals surface area contributed by atoms with Gasteiger partial charge in [-0.2, -0.15) is 14.6 Å². The van der Waals surface area contributed by atoms with Gasteiger partial charge in [0.05, 0.1) is 18.9 Å². The molecule has 1 N–H and O–H groups in total. The van der Waals surface area contributed by atoms with E-state index in [4.69, 9.17) is 4.74 Å². The minimum absolute atomic E-state index is 0.292. The van der Waals surface area contributed by atoms with Crippen molar-refractivity contribution in [1.29, 1.82) is 0 Å². The number of aromatic nitrogens is 5. The van der Waals surface area contributed by atoms with E-state index >= 15 is 0 Å². The van der Waals surface area contributed by atoms with Crippen molar-refractivity contribution in [3.63, 3.8) is 0 Å². The molecule has 0 fully saturated rings. The molecule has 3 aromatic rings. The lowest BCUT2D eigenvalue weighted by Crippen LogP contribution is -2.29. The molecule has 8 nitrogen and oxygen atoms in total. The summed E-state index contributed by atoms with van der Waals surface area (Å²) in [7, 11) is 0. The summed E-state index contributed by atoms with van der Waals surface area (Å²) in [5.74, 6) is 0.889. The number of hydrogen-bond donors (Lipinski definition) is 1. The number of thioether (sulfide) groups is 1. The molecule has 0 bridgehead atoms. The molecule has 0 aliphatic carbocycles. The second-order valence-corrected chi connectivity index (χ2v) is 6.05. The molecule has 3 aromatic heterocycles. The first kappa shape index (κ1) is 17.3. The van der Waals surface area contributed by atoms with Gasteiger partial charge in [0.2, 0.25) is 5.95 Å². The second-order valence-electron chi connectivity index (χ2n) is 5.28. The molecule has 9 heteroatoms. The van der Waals surface area contributed by atoms with Gasteiger partial charge in [-0.05, 0) is 25.7 Å². The maximum Gasteiger partial charge on any atom is 0.379 e. The van der Waals surface area contributed by atoms with Gasteiger partial charge in [-0.25, -0.2) is 4.98 Å². The van der Waals surface area contributed by atoms with Gasteiger partial charge in [0.1, 0.15) is 0 Å². The van der Waals surface area contributed by atoms with Crippen LogP contribution in [0.5, 0.6) is 5.88 Å². The van der Waals surface area contributed by atoms with E-state index in [0.29, 0.717) is 30.1 Å². The fraction of sp³-hybridized carbons (Fsp3) is 0.375. The summed E-state index contributed by atoms with van der Waals surface area (Å²) < 4.78 is 7.67. The molecule has 3 heterocycles. The Balaban J connectivity index is 1.85. The van der Waals surface area contributed by atoms with Gasteiger partial charge >= 0.3 is 5.88 Å². The van der Waals surface area contributed by atoms with E-state index in [1.807, 2.05) is 25.4 Å². The van der Waals surface area contributed by atoms with Crippen molar-refractivity contribution < 1.29 is 9.47 Å². The SMILES string of the molecule is CCOc1ccc(CNc2nc(SC)nc3c(CC)cnn23)c[n+]1[O-]. The van der Waals surface area contributed by atoms with Gasteiger partial charge in [0.25, 0.3) is 0 Å². The Morgan fingerprint density at radius 2 is 2.16 bits per heavy atom. The van der Waals surface area contributed by atoms with Crippen LogP contribution in [0, 0.1) is 5.21 Å². The quantitative estimate of drug-likeness (QED) is 0.392. The van der Waals surface area contributed by atoms with Crippen LogP contribution in [0.15, 0.2) is 29.7 Å². The highest BCUT2D eigenvalue weighted by molar-refractivity contribution is 7.98. The standard InChI is InChI=1S/C16H20N6O2S/c1-4-12-9-18-22-14(12)19-16(25-3)20-15(22)17-8-11-6-7-13(24-5-2)21(23)10-11/h6-7,9-10H,4-5,8H2,1-3H3,(H,17,19,20). The zero-order valence-electron chi connectivity index (χ0n) is 14.4. The Bertz CT molecular complexity index is 882. The van der Waals surface area contributed by atoms with Crippen LogP contribution >= 0.6 is 11.8 Å². The zero-order valence-corrected chi connectivity index (χ0v) is 15.2. The highest BCUT2D eigenvalue weighted by atomic mass is 32.2. The lowest BCUT2D eigenvalue weighted by atomic mass is 10.3. The van der Waals surface area contributed by atoms with Crippen molar-refractivity contribution >= 4 is 23.4 Å². The van der Waals surface area contributed by atoms with Crippen LogP contribution in [0.25, 0.3) is 5.65 Å². The van der Waals surface area contributed by atoms with Crippen molar-refractivity contribution in [3.05, 3.63) is 40.9 Å². The zero-order chi connectivity index (χ0) is 17.8. The lowest BCUT2D eigenvalue weighted by Gasteiger charge is -2.10. The molecule has 0 aliphatic rings. The van der Waals surface area contributed by atoms with E-state index < -0.39 is 0 Å². The smallest absolute Gasteiger partial charge is 0.379 e. The van der Waals surface area contributed by atoms with Crippen LogP contribution < -0.4 is 14.8 Å². The van der Waals surface area contributed by atoms with E-state index in [-0.39, 0.29) is 0 Å². The molecule has 0 atom stereocenters. The number of ether oxygens (including phenoxy) is 1. The normalized spacial score (nSPS) is 11.0. The van der Waals surface area contributed by atoms with Crippen LogP contribution in [0.1, 0.15) is 25.0 Å². The largest absolute Gasteiger partial charge is 0.616 e. The molecular formula is C16H20N6O2S.